The van der Waals surface area contributed by atoms with E-state index >= 15 is 0 Å². The molecule has 168 valence electrons. The van der Waals surface area contributed by atoms with E-state index in [1.807, 2.05) is 35.7 Å². The van der Waals surface area contributed by atoms with Crippen LogP contribution in [0.1, 0.15) is 22.8 Å². The molecule has 0 saturated heterocycles. The molecule has 0 fully saturated rings. The maximum absolute atomic E-state index is 4.94. The van der Waals surface area contributed by atoms with Crippen molar-refractivity contribution in [3.8, 4) is 0 Å². The third-order valence-corrected chi connectivity index (χ3v) is 7.09. The highest BCUT2D eigenvalue weighted by Gasteiger charge is 2.15. The van der Waals surface area contributed by atoms with Crippen LogP contribution in [0.4, 0.5) is 0 Å². The Kier molecular flexibility index (Phi) is 5.26. The summed E-state index contributed by atoms with van der Waals surface area (Å²) in [6.45, 7) is 4.94. The molecule has 7 heteroatoms. The lowest BCUT2D eigenvalue weighted by atomic mass is 10.2. The normalized spacial score (nSPS) is 11.7. The van der Waals surface area contributed by atoms with Crippen molar-refractivity contribution in [2.45, 2.75) is 37.7 Å². The summed E-state index contributed by atoms with van der Waals surface area (Å²) < 4.78 is 4.15. The van der Waals surface area contributed by atoms with E-state index < -0.39 is 0 Å². The molecule has 0 saturated carbocycles. The fraction of sp³-hybridized carbons (Fsp3) is 0.185. The van der Waals surface area contributed by atoms with Crippen molar-refractivity contribution < 1.29 is 0 Å². The van der Waals surface area contributed by atoms with E-state index in [0.29, 0.717) is 0 Å². The van der Waals surface area contributed by atoms with Crippen LogP contribution < -0.4 is 0 Å². The van der Waals surface area contributed by atoms with Gasteiger partial charge < -0.3 is 4.57 Å². The van der Waals surface area contributed by atoms with Gasteiger partial charge in [-0.25, -0.2) is 15.0 Å². The number of thioether (sulfide) groups is 1. The molecule has 3 aromatic heterocycles. The zero-order valence-corrected chi connectivity index (χ0v) is 20.0. The first-order chi connectivity index (χ1) is 16.7. The van der Waals surface area contributed by atoms with E-state index in [0.717, 1.165) is 63.1 Å². The molecule has 34 heavy (non-hydrogen) atoms. The molecule has 6 rings (SSSR count). The predicted molar refractivity (Wildman–Crippen MR) is 137 cm³/mol. The zero-order valence-electron chi connectivity index (χ0n) is 19.1. The van der Waals surface area contributed by atoms with Gasteiger partial charge >= 0.3 is 0 Å². The van der Waals surface area contributed by atoms with Gasteiger partial charge in [-0.15, -0.1) is 5.10 Å². The van der Waals surface area contributed by atoms with E-state index in [9.17, 15) is 0 Å². The topological polar surface area (TPSA) is 60.9 Å². The molecule has 6 aromatic rings. The minimum Gasteiger partial charge on any atom is -0.328 e. The summed E-state index contributed by atoms with van der Waals surface area (Å²) in [7, 11) is 0. The lowest BCUT2D eigenvalue weighted by Gasteiger charge is -2.06. The monoisotopic (exact) mass is 464 g/mol. The number of hydrogen-bond acceptors (Lipinski definition) is 5. The van der Waals surface area contributed by atoms with Crippen molar-refractivity contribution >= 4 is 39.3 Å². The molecule has 0 N–H and O–H groups in total. The summed E-state index contributed by atoms with van der Waals surface area (Å²) in [6, 6.07) is 25.0. The maximum Gasteiger partial charge on any atom is 0.191 e. The van der Waals surface area contributed by atoms with Crippen LogP contribution in [-0.4, -0.2) is 29.1 Å². The second-order valence-electron chi connectivity index (χ2n) is 8.50. The summed E-state index contributed by atoms with van der Waals surface area (Å²) in [5.74, 6) is 2.65. The Hall–Kier alpha value is -3.71. The number of nitrogens with zero attached hydrogens (tertiary/aromatic N) is 6. The van der Waals surface area contributed by atoms with Gasteiger partial charge in [-0.3, -0.25) is 0 Å². The van der Waals surface area contributed by atoms with E-state index in [2.05, 4.69) is 65.0 Å². The van der Waals surface area contributed by atoms with Gasteiger partial charge in [-0.1, -0.05) is 65.9 Å². The van der Waals surface area contributed by atoms with E-state index in [-0.39, 0.29) is 0 Å². The van der Waals surface area contributed by atoms with Crippen LogP contribution in [0.5, 0.6) is 0 Å². The van der Waals surface area contributed by atoms with Gasteiger partial charge in [0, 0.05) is 24.1 Å². The molecule has 0 radical (unpaired) electrons. The Balaban J connectivity index is 1.34. The van der Waals surface area contributed by atoms with Gasteiger partial charge in [-0.2, -0.15) is 4.52 Å². The van der Waals surface area contributed by atoms with Crippen LogP contribution >= 0.6 is 11.8 Å². The Labute approximate surface area is 201 Å². The Morgan fingerprint density at radius 2 is 1.56 bits per heavy atom. The van der Waals surface area contributed by atoms with Crippen LogP contribution in [0.3, 0.4) is 0 Å². The minimum atomic E-state index is 0.721. The molecule has 3 heterocycles. The molecule has 0 aliphatic heterocycles. The maximum atomic E-state index is 4.94. The number of benzene rings is 3. The second-order valence-corrected chi connectivity index (χ2v) is 9.44. The number of hydrogen-bond donors (Lipinski definition) is 0. The summed E-state index contributed by atoms with van der Waals surface area (Å²) in [5.41, 5.74) is 6.50. The lowest BCUT2D eigenvalue weighted by Crippen LogP contribution is -2.05. The molecule has 0 unspecified atom stereocenters. The quantitative estimate of drug-likeness (QED) is 0.231. The molecule has 0 aliphatic rings. The third-order valence-electron chi connectivity index (χ3n) is 6.09. The van der Waals surface area contributed by atoms with Crippen molar-refractivity contribution in [1.82, 2.24) is 29.1 Å². The summed E-state index contributed by atoms with van der Waals surface area (Å²) in [5, 5.41) is 6.76. The number of aryl methyl sites for hydroxylation is 4. The minimum absolute atomic E-state index is 0.721. The Morgan fingerprint density at radius 1 is 0.794 bits per heavy atom. The fourth-order valence-corrected chi connectivity index (χ4v) is 5.20. The largest absolute Gasteiger partial charge is 0.328 e. The van der Waals surface area contributed by atoms with Gasteiger partial charge in [0.1, 0.15) is 5.82 Å². The van der Waals surface area contributed by atoms with Crippen molar-refractivity contribution in [3.63, 3.8) is 0 Å². The number of para-hydroxylation sites is 3. The molecule has 0 aliphatic carbocycles. The van der Waals surface area contributed by atoms with Gasteiger partial charge in [0.25, 0.3) is 0 Å². The van der Waals surface area contributed by atoms with Gasteiger partial charge in [0.2, 0.25) is 0 Å². The highest BCUT2D eigenvalue weighted by atomic mass is 32.2. The second kappa shape index (κ2) is 8.57. The first-order valence-electron chi connectivity index (χ1n) is 11.4. The van der Waals surface area contributed by atoms with E-state index in [4.69, 9.17) is 15.1 Å². The first-order valence-corrected chi connectivity index (χ1v) is 12.4. The Morgan fingerprint density at radius 3 is 2.41 bits per heavy atom. The SMILES string of the molecule is Cc1ccc(CSc2nc3ccccc3c3nc(CCn4c(C)nc5ccccc54)nn23)cc1. The lowest BCUT2D eigenvalue weighted by molar-refractivity contribution is 0.662. The average molecular weight is 465 g/mol. The molecule has 0 bridgehead atoms. The average Bonchev–Trinajstić information content (AvgIpc) is 3.43. The van der Waals surface area contributed by atoms with Crippen molar-refractivity contribution in [2.75, 3.05) is 0 Å². The van der Waals surface area contributed by atoms with Gasteiger partial charge in [-0.05, 0) is 43.7 Å². The van der Waals surface area contributed by atoms with Crippen molar-refractivity contribution in [2.24, 2.45) is 0 Å². The molecular weight excluding hydrogens is 440 g/mol. The number of aromatic nitrogens is 6. The standard InChI is InChI=1S/C27H24N6S/c1-18-11-13-20(14-12-18)17-34-27-29-22-8-4-3-7-21(22)26-30-25(31-33(26)27)15-16-32-19(2)28-23-9-5-6-10-24(23)32/h3-14H,15-17H2,1-2H3. The number of rotatable bonds is 6. The van der Waals surface area contributed by atoms with Gasteiger partial charge in [0.15, 0.2) is 16.6 Å². The van der Waals surface area contributed by atoms with Crippen LogP contribution in [0.2, 0.25) is 0 Å². The predicted octanol–water partition coefficient (Wildman–Crippen LogP) is 5.78. The molecule has 3 aromatic carbocycles. The first kappa shape index (κ1) is 20.9. The van der Waals surface area contributed by atoms with Crippen LogP contribution in [0.25, 0.3) is 27.6 Å². The highest BCUT2D eigenvalue weighted by molar-refractivity contribution is 7.98. The molecule has 0 amide bonds. The molecule has 0 atom stereocenters. The van der Waals surface area contributed by atoms with Crippen LogP contribution in [-0.2, 0) is 18.7 Å². The third kappa shape index (κ3) is 3.82. The van der Waals surface area contributed by atoms with E-state index in [1.165, 1.54) is 11.1 Å². The Bertz CT molecular complexity index is 1630. The van der Waals surface area contributed by atoms with E-state index in [1.54, 1.807) is 11.8 Å². The zero-order chi connectivity index (χ0) is 23.1. The highest BCUT2D eigenvalue weighted by Crippen LogP contribution is 2.26. The number of fused-ring (bicyclic) bond motifs is 4. The summed E-state index contributed by atoms with van der Waals surface area (Å²) in [4.78, 5) is 14.5. The molecule has 6 nitrogen and oxygen atoms in total. The van der Waals surface area contributed by atoms with Crippen molar-refractivity contribution in [3.05, 3.63) is 95.6 Å². The molecular formula is C27H24N6S. The van der Waals surface area contributed by atoms with Crippen LogP contribution in [0, 0.1) is 13.8 Å². The van der Waals surface area contributed by atoms with Crippen molar-refractivity contribution in [1.29, 1.82) is 0 Å². The fourth-order valence-electron chi connectivity index (χ4n) is 4.29. The summed E-state index contributed by atoms with van der Waals surface area (Å²) >= 11 is 1.69. The molecule has 0 spiro atoms. The summed E-state index contributed by atoms with van der Waals surface area (Å²) in [6.07, 6.45) is 0.721. The van der Waals surface area contributed by atoms with Crippen LogP contribution in [0.15, 0.2) is 78.0 Å². The van der Waals surface area contributed by atoms with Gasteiger partial charge in [0.05, 0.1) is 16.6 Å². The number of imidazole rings is 1. The smallest absolute Gasteiger partial charge is 0.191 e.